The summed E-state index contributed by atoms with van der Waals surface area (Å²) >= 11 is 5.82. The Labute approximate surface area is 123 Å². The number of nitrogens with zero attached hydrogens (tertiary/aromatic N) is 2. The van der Waals surface area contributed by atoms with Crippen molar-refractivity contribution in [1.29, 1.82) is 0 Å². The van der Waals surface area contributed by atoms with Crippen molar-refractivity contribution in [2.75, 3.05) is 4.72 Å². The van der Waals surface area contributed by atoms with Gasteiger partial charge in [-0.25, -0.2) is 18.4 Å². The number of benzene rings is 1. The Morgan fingerprint density at radius 2 is 1.60 bits per heavy atom. The SMILES string of the molecule is Cc1cc(C)c(S(=O)(=O)Nc2nccnc2Cl)c(C)c1. The Kier molecular flexibility index (Phi) is 3.96. The summed E-state index contributed by atoms with van der Waals surface area (Å²) in [5.74, 6) is 0.0218. The Bertz CT molecular complexity index is 737. The number of aromatic nitrogens is 2. The van der Waals surface area contributed by atoms with Crippen molar-refractivity contribution < 1.29 is 8.42 Å². The third kappa shape index (κ3) is 2.91. The van der Waals surface area contributed by atoms with Crippen molar-refractivity contribution in [3.05, 3.63) is 46.4 Å². The molecule has 0 spiro atoms. The molecule has 1 aromatic heterocycles. The maximum Gasteiger partial charge on any atom is 0.263 e. The highest BCUT2D eigenvalue weighted by Gasteiger charge is 2.21. The van der Waals surface area contributed by atoms with E-state index < -0.39 is 10.0 Å². The molecular weight excluding hydrogens is 298 g/mol. The van der Waals surface area contributed by atoms with Gasteiger partial charge >= 0.3 is 0 Å². The van der Waals surface area contributed by atoms with Crippen LogP contribution in [0.4, 0.5) is 5.82 Å². The normalized spacial score (nSPS) is 11.4. The molecule has 0 unspecified atom stereocenters. The quantitative estimate of drug-likeness (QED) is 0.946. The van der Waals surface area contributed by atoms with Crippen LogP contribution >= 0.6 is 11.6 Å². The molecule has 106 valence electrons. The first-order valence-electron chi connectivity index (χ1n) is 5.88. The van der Waals surface area contributed by atoms with Crippen LogP contribution in [0.3, 0.4) is 0 Å². The minimum atomic E-state index is -3.75. The number of rotatable bonds is 3. The van der Waals surface area contributed by atoms with Gasteiger partial charge in [0.25, 0.3) is 10.0 Å². The Balaban J connectivity index is 2.50. The van der Waals surface area contributed by atoms with Crippen molar-refractivity contribution in [3.63, 3.8) is 0 Å². The first-order valence-corrected chi connectivity index (χ1v) is 7.74. The minimum Gasteiger partial charge on any atom is -0.261 e. The lowest BCUT2D eigenvalue weighted by Crippen LogP contribution is -2.17. The molecule has 0 bridgehead atoms. The van der Waals surface area contributed by atoms with Crippen LogP contribution in [0.2, 0.25) is 5.15 Å². The summed E-state index contributed by atoms with van der Waals surface area (Å²) < 4.78 is 27.3. The largest absolute Gasteiger partial charge is 0.263 e. The molecule has 1 N–H and O–H groups in total. The van der Waals surface area contributed by atoms with Gasteiger partial charge in [-0.3, -0.25) is 4.72 Å². The van der Waals surface area contributed by atoms with Gasteiger partial charge in [0.1, 0.15) is 0 Å². The van der Waals surface area contributed by atoms with Gasteiger partial charge in [0.2, 0.25) is 0 Å². The topological polar surface area (TPSA) is 72.0 Å². The monoisotopic (exact) mass is 311 g/mol. The summed E-state index contributed by atoms with van der Waals surface area (Å²) in [6, 6.07) is 3.64. The lowest BCUT2D eigenvalue weighted by molar-refractivity contribution is 0.599. The summed E-state index contributed by atoms with van der Waals surface area (Å²) in [5.41, 5.74) is 2.36. The van der Waals surface area contributed by atoms with Crippen LogP contribution in [0.25, 0.3) is 0 Å². The molecule has 0 amide bonds. The van der Waals surface area contributed by atoms with Gasteiger partial charge in [0.15, 0.2) is 11.0 Å². The predicted octanol–water partition coefficient (Wildman–Crippen LogP) is 2.86. The van der Waals surface area contributed by atoms with E-state index in [4.69, 9.17) is 11.6 Å². The van der Waals surface area contributed by atoms with Gasteiger partial charge in [0, 0.05) is 12.4 Å². The maximum absolute atomic E-state index is 12.5. The second kappa shape index (κ2) is 5.38. The van der Waals surface area contributed by atoms with Crippen LogP contribution in [0.5, 0.6) is 0 Å². The van der Waals surface area contributed by atoms with Crippen molar-refractivity contribution >= 4 is 27.4 Å². The second-order valence-corrected chi connectivity index (χ2v) is 6.51. The average molecular weight is 312 g/mol. The molecule has 0 aliphatic rings. The highest BCUT2D eigenvalue weighted by atomic mass is 35.5. The van der Waals surface area contributed by atoms with E-state index in [-0.39, 0.29) is 15.9 Å². The lowest BCUT2D eigenvalue weighted by Gasteiger charge is -2.13. The zero-order valence-electron chi connectivity index (χ0n) is 11.3. The molecule has 0 saturated heterocycles. The number of anilines is 1. The highest BCUT2D eigenvalue weighted by Crippen LogP contribution is 2.25. The van der Waals surface area contributed by atoms with Gasteiger partial charge in [-0.15, -0.1) is 0 Å². The fraction of sp³-hybridized carbons (Fsp3) is 0.231. The van der Waals surface area contributed by atoms with Gasteiger partial charge < -0.3 is 0 Å². The zero-order chi connectivity index (χ0) is 14.9. The molecule has 0 aliphatic carbocycles. The lowest BCUT2D eigenvalue weighted by atomic mass is 10.1. The predicted molar refractivity (Wildman–Crippen MR) is 78.5 cm³/mol. The smallest absolute Gasteiger partial charge is 0.261 e. The van der Waals surface area contributed by atoms with E-state index in [1.807, 2.05) is 19.1 Å². The summed E-state index contributed by atoms with van der Waals surface area (Å²) in [5, 5.41) is 0.0125. The molecule has 0 fully saturated rings. The van der Waals surface area contributed by atoms with Crippen molar-refractivity contribution in [3.8, 4) is 0 Å². The molecule has 20 heavy (non-hydrogen) atoms. The third-order valence-electron chi connectivity index (χ3n) is 2.76. The van der Waals surface area contributed by atoms with Crippen LogP contribution in [0.1, 0.15) is 16.7 Å². The number of aryl methyl sites for hydroxylation is 3. The van der Waals surface area contributed by atoms with Crippen LogP contribution in [0, 0.1) is 20.8 Å². The van der Waals surface area contributed by atoms with Gasteiger partial charge in [-0.2, -0.15) is 0 Å². The number of halogens is 1. The maximum atomic E-state index is 12.5. The first kappa shape index (κ1) is 14.7. The second-order valence-electron chi connectivity index (χ2n) is 4.53. The molecule has 1 heterocycles. The number of nitrogens with one attached hydrogen (secondary N) is 1. The third-order valence-corrected chi connectivity index (χ3v) is 4.68. The fourth-order valence-electron chi connectivity index (χ4n) is 2.16. The molecule has 5 nitrogen and oxygen atoms in total. The molecule has 7 heteroatoms. The van der Waals surface area contributed by atoms with Crippen molar-refractivity contribution in [2.45, 2.75) is 25.7 Å². The van der Waals surface area contributed by atoms with E-state index in [0.717, 1.165) is 5.56 Å². The minimum absolute atomic E-state index is 0.0125. The molecule has 2 rings (SSSR count). The Morgan fingerprint density at radius 1 is 1.05 bits per heavy atom. The highest BCUT2D eigenvalue weighted by molar-refractivity contribution is 7.92. The van der Waals surface area contributed by atoms with Crippen LogP contribution < -0.4 is 4.72 Å². The van der Waals surface area contributed by atoms with Gasteiger partial charge in [-0.05, 0) is 31.9 Å². The standard InChI is InChI=1S/C13H14ClN3O2S/c1-8-6-9(2)11(10(3)7-8)20(18,19)17-13-12(14)15-4-5-16-13/h4-7H,1-3H3,(H,16,17). The van der Waals surface area contributed by atoms with Gasteiger partial charge in [-0.1, -0.05) is 29.3 Å². The molecule has 2 aromatic rings. The van der Waals surface area contributed by atoms with E-state index in [2.05, 4.69) is 14.7 Å². The zero-order valence-corrected chi connectivity index (χ0v) is 12.9. The molecule has 0 aliphatic heterocycles. The number of sulfonamides is 1. The van der Waals surface area contributed by atoms with Crippen LogP contribution in [-0.4, -0.2) is 18.4 Å². The van der Waals surface area contributed by atoms with E-state index >= 15 is 0 Å². The van der Waals surface area contributed by atoms with E-state index in [1.165, 1.54) is 12.4 Å². The van der Waals surface area contributed by atoms with E-state index in [0.29, 0.717) is 11.1 Å². The summed E-state index contributed by atoms with van der Waals surface area (Å²) in [4.78, 5) is 7.91. The fourth-order valence-corrected chi connectivity index (χ4v) is 3.84. The van der Waals surface area contributed by atoms with Gasteiger partial charge in [0.05, 0.1) is 4.90 Å². The molecule has 0 radical (unpaired) electrons. The molecule has 0 saturated carbocycles. The molecular formula is C13H14ClN3O2S. The Morgan fingerprint density at radius 3 is 2.15 bits per heavy atom. The summed E-state index contributed by atoms with van der Waals surface area (Å²) in [6.45, 7) is 5.43. The Hall–Kier alpha value is -1.66. The average Bonchev–Trinajstić information content (AvgIpc) is 2.30. The van der Waals surface area contributed by atoms with Crippen LogP contribution in [-0.2, 0) is 10.0 Å². The number of hydrogen-bond donors (Lipinski definition) is 1. The van der Waals surface area contributed by atoms with E-state index in [1.54, 1.807) is 13.8 Å². The molecule has 0 atom stereocenters. The number of hydrogen-bond acceptors (Lipinski definition) is 4. The molecule has 1 aromatic carbocycles. The summed E-state index contributed by atoms with van der Waals surface area (Å²) in [7, 11) is -3.75. The van der Waals surface area contributed by atoms with Crippen molar-refractivity contribution in [2.24, 2.45) is 0 Å². The van der Waals surface area contributed by atoms with E-state index in [9.17, 15) is 8.42 Å². The summed E-state index contributed by atoms with van der Waals surface area (Å²) in [6.07, 6.45) is 2.76. The first-order chi connectivity index (χ1) is 9.31. The van der Waals surface area contributed by atoms with Crippen LogP contribution in [0.15, 0.2) is 29.4 Å². The van der Waals surface area contributed by atoms with Crippen molar-refractivity contribution in [1.82, 2.24) is 9.97 Å².